The lowest BCUT2D eigenvalue weighted by Gasteiger charge is -2.13. The van der Waals surface area contributed by atoms with Crippen LogP contribution in [0, 0.1) is 0 Å². The number of nitrogens with two attached hydrogens (primary N) is 1. The van der Waals surface area contributed by atoms with Gasteiger partial charge in [-0.2, -0.15) is 13.2 Å². The van der Waals surface area contributed by atoms with Crippen molar-refractivity contribution in [1.29, 1.82) is 0 Å². The molecule has 21 heavy (non-hydrogen) atoms. The van der Waals surface area contributed by atoms with E-state index in [2.05, 4.69) is 5.32 Å². The molecular formula is C14H11F3N2O2. The molecule has 0 aromatic heterocycles. The zero-order chi connectivity index (χ0) is 15.6. The Bertz CT molecular complexity index is 684. The minimum atomic E-state index is -4.47. The van der Waals surface area contributed by atoms with Crippen molar-refractivity contribution in [3.63, 3.8) is 0 Å². The Hall–Kier alpha value is -2.70. The van der Waals surface area contributed by atoms with E-state index in [4.69, 9.17) is 10.8 Å². The first-order valence-corrected chi connectivity index (χ1v) is 5.85. The van der Waals surface area contributed by atoms with Crippen molar-refractivity contribution in [3.8, 4) is 0 Å². The van der Waals surface area contributed by atoms with Crippen LogP contribution < -0.4 is 11.1 Å². The van der Waals surface area contributed by atoms with Crippen molar-refractivity contribution in [3.05, 3.63) is 53.6 Å². The number of nitrogen functional groups attached to an aromatic ring is 1. The molecule has 0 unspecified atom stereocenters. The monoisotopic (exact) mass is 296 g/mol. The van der Waals surface area contributed by atoms with Crippen LogP contribution in [0.1, 0.15) is 15.9 Å². The summed E-state index contributed by atoms with van der Waals surface area (Å²) in [5, 5.41) is 11.8. The summed E-state index contributed by atoms with van der Waals surface area (Å²) >= 11 is 0. The summed E-state index contributed by atoms with van der Waals surface area (Å²) in [4.78, 5) is 11.2. The summed E-state index contributed by atoms with van der Waals surface area (Å²) in [5.74, 6) is -1.26. The van der Waals surface area contributed by atoms with Gasteiger partial charge in [0.15, 0.2) is 0 Å². The van der Waals surface area contributed by atoms with E-state index < -0.39 is 17.7 Å². The van der Waals surface area contributed by atoms with Gasteiger partial charge in [-0.05, 0) is 30.3 Å². The Morgan fingerprint density at radius 2 is 1.81 bits per heavy atom. The van der Waals surface area contributed by atoms with Crippen LogP contribution in [0.2, 0.25) is 0 Å². The summed E-state index contributed by atoms with van der Waals surface area (Å²) in [5.41, 5.74) is 4.84. The lowest BCUT2D eigenvalue weighted by molar-refractivity contribution is -0.137. The fourth-order valence-electron chi connectivity index (χ4n) is 1.84. The third kappa shape index (κ3) is 3.25. The average Bonchev–Trinajstić information content (AvgIpc) is 2.37. The molecule has 2 aromatic carbocycles. The number of anilines is 3. The SMILES string of the molecule is Nc1cccc(Nc2cccc(C(F)(F)F)c2)c1C(=O)O. The van der Waals surface area contributed by atoms with Crippen LogP contribution in [0.15, 0.2) is 42.5 Å². The molecule has 0 spiro atoms. The molecule has 0 aliphatic heterocycles. The molecule has 0 aliphatic rings. The Kier molecular flexibility index (Phi) is 3.75. The standard InChI is InChI=1S/C14H11F3N2O2/c15-14(16,17)8-3-1-4-9(7-8)19-11-6-2-5-10(18)12(11)13(20)21/h1-7,19H,18H2,(H,20,21). The third-order valence-electron chi connectivity index (χ3n) is 2.78. The van der Waals surface area contributed by atoms with Crippen LogP contribution in [-0.2, 0) is 6.18 Å². The molecule has 0 fully saturated rings. The molecule has 2 rings (SSSR count). The fourth-order valence-corrected chi connectivity index (χ4v) is 1.84. The van der Waals surface area contributed by atoms with E-state index in [1.54, 1.807) is 0 Å². The van der Waals surface area contributed by atoms with Gasteiger partial charge in [-0.1, -0.05) is 12.1 Å². The highest BCUT2D eigenvalue weighted by Gasteiger charge is 2.30. The van der Waals surface area contributed by atoms with E-state index in [9.17, 15) is 18.0 Å². The summed E-state index contributed by atoms with van der Waals surface area (Å²) in [7, 11) is 0. The van der Waals surface area contributed by atoms with Gasteiger partial charge in [0.2, 0.25) is 0 Å². The number of rotatable bonds is 3. The van der Waals surface area contributed by atoms with E-state index in [1.807, 2.05) is 0 Å². The topological polar surface area (TPSA) is 75.3 Å². The van der Waals surface area contributed by atoms with Gasteiger partial charge in [0.05, 0.1) is 11.3 Å². The second-order valence-electron chi connectivity index (χ2n) is 4.28. The maximum Gasteiger partial charge on any atom is 0.416 e. The minimum absolute atomic E-state index is 0.0273. The Morgan fingerprint density at radius 1 is 1.14 bits per heavy atom. The Balaban J connectivity index is 2.40. The van der Waals surface area contributed by atoms with Crippen molar-refractivity contribution in [2.45, 2.75) is 6.18 Å². The van der Waals surface area contributed by atoms with Crippen LogP contribution in [-0.4, -0.2) is 11.1 Å². The van der Waals surface area contributed by atoms with Crippen molar-refractivity contribution < 1.29 is 23.1 Å². The zero-order valence-electron chi connectivity index (χ0n) is 10.6. The zero-order valence-corrected chi connectivity index (χ0v) is 10.6. The van der Waals surface area contributed by atoms with E-state index in [-0.39, 0.29) is 22.6 Å². The number of carboxylic acids is 1. The summed E-state index contributed by atoms with van der Waals surface area (Å²) in [6.45, 7) is 0. The van der Waals surface area contributed by atoms with Crippen molar-refractivity contribution in [2.75, 3.05) is 11.1 Å². The molecule has 0 bridgehead atoms. The Morgan fingerprint density at radius 3 is 2.43 bits per heavy atom. The maximum atomic E-state index is 12.6. The van der Waals surface area contributed by atoms with Gasteiger partial charge in [0.25, 0.3) is 0 Å². The van der Waals surface area contributed by atoms with Crippen LogP contribution in [0.3, 0.4) is 0 Å². The van der Waals surface area contributed by atoms with Gasteiger partial charge in [-0.3, -0.25) is 0 Å². The highest BCUT2D eigenvalue weighted by atomic mass is 19.4. The molecule has 0 aliphatic carbocycles. The molecule has 2 aromatic rings. The van der Waals surface area contributed by atoms with Gasteiger partial charge in [-0.25, -0.2) is 4.79 Å². The van der Waals surface area contributed by atoms with E-state index in [0.29, 0.717) is 0 Å². The first kappa shape index (κ1) is 14.7. The van der Waals surface area contributed by atoms with Crippen LogP contribution >= 0.6 is 0 Å². The van der Waals surface area contributed by atoms with E-state index in [1.165, 1.54) is 30.3 Å². The van der Waals surface area contributed by atoms with Gasteiger partial charge in [-0.15, -0.1) is 0 Å². The predicted molar refractivity (Wildman–Crippen MR) is 72.5 cm³/mol. The number of nitrogens with one attached hydrogen (secondary N) is 1. The quantitative estimate of drug-likeness (QED) is 0.754. The number of aromatic carboxylic acids is 1. The van der Waals surface area contributed by atoms with Gasteiger partial charge in [0.1, 0.15) is 5.56 Å². The largest absolute Gasteiger partial charge is 0.478 e. The average molecular weight is 296 g/mol. The Labute approximate surface area is 118 Å². The minimum Gasteiger partial charge on any atom is -0.478 e. The van der Waals surface area contributed by atoms with Gasteiger partial charge < -0.3 is 16.2 Å². The number of alkyl halides is 3. The lowest BCUT2D eigenvalue weighted by Crippen LogP contribution is -2.08. The maximum absolute atomic E-state index is 12.6. The number of carbonyl (C=O) groups is 1. The number of benzene rings is 2. The van der Waals surface area contributed by atoms with Crippen LogP contribution in [0.4, 0.5) is 30.2 Å². The number of hydrogen-bond donors (Lipinski definition) is 3. The molecule has 0 radical (unpaired) electrons. The summed E-state index contributed by atoms with van der Waals surface area (Å²) < 4.78 is 37.9. The molecule has 4 nitrogen and oxygen atoms in total. The van der Waals surface area contributed by atoms with E-state index in [0.717, 1.165) is 12.1 Å². The summed E-state index contributed by atoms with van der Waals surface area (Å²) in [6.07, 6.45) is -4.47. The number of halogens is 3. The predicted octanol–water partition coefficient (Wildman–Crippen LogP) is 3.73. The molecule has 0 saturated carbocycles. The molecule has 0 saturated heterocycles. The normalized spacial score (nSPS) is 11.2. The molecule has 0 heterocycles. The van der Waals surface area contributed by atoms with Crippen molar-refractivity contribution in [2.24, 2.45) is 0 Å². The molecule has 7 heteroatoms. The van der Waals surface area contributed by atoms with Crippen molar-refractivity contribution >= 4 is 23.0 Å². The smallest absolute Gasteiger partial charge is 0.416 e. The second kappa shape index (κ2) is 5.35. The van der Waals surface area contributed by atoms with Crippen LogP contribution in [0.25, 0.3) is 0 Å². The highest BCUT2D eigenvalue weighted by molar-refractivity contribution is 6.00. The summed E-state index contributed by atoms with van der Waals surface area (Å²) in [6, 6.07) is 8.82. The number of carboxylic acid groups (broad SMARTS) is 1. The molecule has 0 amide bonds. The second-order valence-corrected chi connectivity index (χ2v) is 4.28. The lowest BCUT2D eigenvalue weighted by atomic mass is 10.1. The third-order valence-corrected chi connectivity index (χ3v) is 2.78. The van der Waals surface area contributed by atoms with E-state index >= 15 is 0 Å². The first-order chi connectivity index (χ1) is 9.79. The fraction of sp³-hybridized carbons (Fsp3) is 0.0714. The number of hydrogen-bond acceptors (Lipinski definition) is 3. The molecule has 4 N–H and O–H groups in total. The molecular weight excluding hydrogens is 285 g/mol. The highest BCUT2D eigenvalue weighted by Crippen LogP contribution is 2.32. The van der Waals surface area contributed by atoms with Crippen LogP contribution in [0.5, 0.6) is 0 Å². The van der Waals surface area contributed by atoms with Crippen molar-refractivity contribution in [1.82, 2.24) is 0 Å². The molecule has 0 atom stereocenters. The van der Waals surface area contributed by atoms with Gasteiger partial charge >= 0.3 is 12.1 Å². The van der Waals surface area contributed by atoms with Gasteiger partial charge in [0, 0.05) is 11.4 Å². The molecule has 110 valence electrons. The first-order valence-electron chi connectivity index (χ1n) is 5.85.